The Morgan fingerprint density at radius 2 is 2.00 bits per heavy atom. The Balaban J connectivity index is 0.00000200. The number of hydrogen-bond acceptors (Lipinski definition) is 3. The summed E-state index contributed by atoms with van der Waals surface area (Å²) in [7, 11) is 0. The smallest absolute Gasteiger partial charge is 0.387 e. The Morgan fingerprint density at radius 1 is 1.35 bits per heavy atom. The minimum Gasteiger partial charge on any atom is -0.435 e. The molecule has 1 heterocycles. The highest BCUT2D eigenvalue weighted by molar-refractivity contribution is 5.85. The van der Waals surface area contributed by atoms with Crippen molar-refractivity contribution in [1.82, 2.24) is 4.90 Å². The first-order chi connectivity index (χ1) is 9.00. The van der Waals surface area contributed by atoms with Crippen molar-refractivity contribution in [2.45, 2.75) is 26.5 Å². The van der Waals surface area contributed by atoms with Gasteiger partial charge in [0.25, 0.3) is 0 Å². The van der Waals surface area contributed by atoms with Gasteiger partial charge < -0.3 is 10.5 Å². The molecule has 1 saturated heterocycles. The Hall–Kier alpha value is -0.910. The van der Waals surface area contributed by atoms with Crippen LogP contribution in [0.3, 0.4) is 0 Å². The fourth-order valence-electron chi connectivity index (χ4n) is 2.46. The molecule has 0 aromatic heterocycles. The van der Waals surface area contributed by atoms with Crippen molar-refractivity contribution in [2.75, 3.05) is 19.6 Å². The fourth-order valence-corrected chi connectivity index (χ4v) is 2.46. The van der Waals surface area contributed by atoms with Crippen LogP contribution in [-0.2, 0) is 6.54 Å². The van der Waals surface area contributed by atoms with E-state index in [9.17, 15) is 8.78 Å². The molecule has 1 aromatic rings. The lowest BCUT2D eigenvalue weighted by molar-refractivity contribution is -0.0498. The molecule has 1 aliphatic heterocycles. The number of likely N-dealkylation sites (tertiary alicyclic amines) is 1. The van der Waals surface area contributed by atoms with Gasteiger partial charge in [0, 0.05) is 13.1 Å². The van der Waals surface area contributed by atoms with Gasteiger partial charge in [0.2, 0.25) is 0 Å². The average Bonchev–Trinajstić information content (AvgIpc) is 2.74. The van der Waals surface area contributed by atoms with E-state index in [1.165, 1.54) is 0 Å². The van der Waals surface area contributed by atoms with Gasteiger partial charge in [-0.2, -0.15) is 8.78 Å². The number of hydrogen-bond donors (Lipinski definition) is 1. The Kier molecular flexibility index (Phi) is 6.17. The summed E-state index contributed by atoms with van der Waals surface area (Å²) in [6, 6.07) is 6.82. The van der Waals surface area contributed by atoms with Gasteiger partial charge in [0.1, 0.15) is 5.75 Å². The van der Waals surface area contributed by atoms with Crippen molar-refractivity contribution >= 4 is 12.4 Å². The standard InChI is InChI=1S/C14H20F2N2O.ClH/c1-14(9-17)6-7-18(10-14)8-11-2-4-12(5-3-11)19-13(15)16;/h2-5,13H,6-10,17H2,1H3;1H. The van der Waals surface area contributed by atoms with Crippen LogP contribution in [0, 0.1) is 5.41 Å². The summed E-state index contributed by atoms with van der Waals surface area (Å²) in [6.07, 6.45) is 1.11. The number of nitrogens with zero attached hydrogens (tertiary/aromatic N) is 1. The van der Waals surface area contributed by atoms with Crippen molar-refractivity contribution in [3.63, 3.8) is 0 Å². The van der Waals surface area contributed by atoms with Crippen molar-refractivity contribution in [2.24, 2.45) is 11.1 Å². The second-order valence-corrected chi connectivity index (χ2v) is 5.50. The minimum atomic E-state index is -2.77. The van der Waals surface area contributed by atoms with E-state index in [1.54, 1.807) is 12.1 Å². The summed E-state index contributed by atoms with van der Waals surface area (Å²) in [4.78, 5) is 2.34. The van der Waals surface area contributed by atoms with E-state index in [0.29, 0.717) is 6.54 Å². The Bertz CT molecular complexity index is 416. The highest BCUT2D eigenvalue weighted by Gasteiger charge is 2.32. The summed E-state index contributed by atoms with van der Waals surface area (Å²) in [5, 5.41) is 0. The molecule has 20 heavy (non-hydrogen) atoms. The van der Waals surface area contributed by atoms with Crippen LogP contribution in [-0.4, -0.2) is 31.1 Å². The second kappa shape index (κ2) is 7.20. The van der Waals surface area contributed by atoms with Gasteiger partial charge in [0.15, 0.2) is 0 Å². The Labute approximate surface area is 124 Å². The highest BCUT2D eigenvalue weighted by Crippen LogP contribution is 2.29. The van der Waals surface area contributed by atoms with Gasteiger partial charge in [-0.15, -0.1) is 12.4 Å². The van der Waals surface area contributed by atoms with Crippen LogP contribution in [0.4, 0.5) is 8.78 Å². The molecule has 1 unspecified atom stereocenters. The number of rotatable bonds is 5. The van der Waals surface area contributed by atoms with Gasteiger partial charge in [-0.3, -0.25) is 4.90 Å². The SMILES string of the molecule is CC1(CN)CCN(Cc2ccc(OC(F)F)cc2)C1.Cl. The maximum Gasteiger partial charge on any atom is 0.387 e. The number of alkyl halides is 2. The topological polar surface area (TPSA) is 38.5 Å². The molecular weight excluding hydrogens is 286 g/mol. The van der Waals surface area contributed by atoms with E-state index < -0.39 is 6.61 Å². The first-order valence-electron chi connectivity index (χ1n) is 6.47. The van der Waals surface area contributed by atoms with Crippen LogP contribution < -0.4 is 10.5 Å². The van der Waals surface area contributed by atoms with Gasteiger partial charge in [0.05, 0.1) is 0 Å². The second-order valence-electron chi connectivity index (χ2n) is 5.50. The first-order valence-corrected chi connectivity index (χ1v) is 6.47. The summed E-state index contributed by atoms with van der Waals surface area (Å²) < 4.78 is 28.4. The zero-order valence-corrected chi connectivity index (χ0v) is 12.3. The molecule has 0 amide bonds. The number of halogens is 3. The average molecular weight is 307 g/mol. The molecule has 2 N–H and O–H groups in total. The molecule has 114 valence electrons. The van der Waals surface area contributed by atoms with Crippen LogP contribution >= 0.6 is 12.4 Å². The van der Waals surface area contributed by atoms with Crippen molar-refractivity contribution < 1.29 is 13.5 Å². The quantitative estimate of drug-likeness (QED) is 0.909. The van der Waals surface area contributed by atoms with Crippen LogP contribution in [0.1, 0.15) is 18.9 Å². The van der Waals surface area contributed by atoms with Gasteiger partial charge in [-0.1, -0.05) is 19.1 Å². The monoisotopic (exact) mass is 306 g/mol. The van der Waals surface area contributed by atoms with Crippen molar-refractivity contribution in [1.29, 1.82) is 0 Å². The number of nitrogens with two attached hydrogens (primary N) is 1. The van der Waals surface area contributed by atoms with E-state index in [1.807, 2.05) is 12.1 Å². The lowest BCUT2D eigenvalue weighted by Crippen LogP contribution is -2.31. The van der Waals surface area contributed by atoms with E-state index in [-0.39, 0.29) is 23.6 Å². The lowest BCUT2D eigenvalue weighted by Gasteiger charge is -2.22. The number of ether oxygens (including phenoxy) is 1. The van der Waals surface area contributed by atoms with Gasteiger partial charge >= 0.3 is 6.61 Å². The molecule has 2 rings (SSSR count). The summed E-state index contributed by atoms with van der Waals surface area (Å²) in [5.41, 5.74) is 7.08. The molecule has 6 heteroatoms. The maximum absolute atomic E-state index is 12.0. The normalized spacial score (nSPS) is 22.9. The van der Waals surface area contributed by atoms with Crippen LogP contribution in [0.25, 0.3) is 0 Å². The largest absolute Gasteiger partial charge is 0.435 e. The third-order valence-corrected chi connectivity index (χ3v) is 3.68. The third-order valence-electron chi connectivity index (χ3n) is 3.68. The van der Waals surface area contributed by atoms with E-state index in [0.717, 1.165) is 31.6 Å². The highest BCUT2D eigenvalue weighted by atomic mass is 35.5. The van der Waals surface area contributed by atoms with Crippen molar-refractivity contribution in [3.8, 4) is 5.75 Å². The molecule has 3 nitrogen and oxygen atoms in total. The van der Waals surface area contributed by atoms with Gasteiger partial charge in [-0.25, -0.2) is 0 Å². The van der Waals surface area contributed by atoms with E-state index >= 15 is 0 Å². The fraction of sp³-hybridized carbons (Fsp3) is 0.571. The molecule has 0 bridgehead atoms. The molecule has 0 spiro atoms. The molecule has 0 radical (unpaired) electrons. The zero-order chi connectivity index (χ0) is 13.9. The molecule has 1 fully saturated rings. The van der Waals surface area contributed by atoms with Crippen molar-refractivity contribution in [3.05, 3.63) is 29.8 Å². The van der Waals surface area contributed by atoms with Crippen LogP contribution in [0.15, 0.2) is 24.3 Å². The number of benzene rings is 1. The summed E-state index contributed by atoms with van der Waals surface area (Å²) in [5.74, 6) is 0.201. The molecule has 0 aliphatic carbocycles. The molecule has 0 saturated carbocycles. The van der Waals surface area contributed by atoms with Crippen LogP contribution in [0.5, 0.6) is 5.75 Å². The first kappa shape index (κ1) is 17.1. The van der Waals surface area contributed by atoms with Gasteiger partial charge in [-0.05, 0) is 42.6 Å². The molecular formula is C14H21ClF2N2O. The minimum absolute atomic E-state index is 0. The third kappa shape index (κ3) is 4.58. The van der Waals surface area contributed by atoms with Crippen LogP contribution in [0.2, 0.25) is 0 Å². The predicted octanol–water partition coefficient (Wildman–Crippen LogP) is 2.88. The van der Waals surface area contributed by atoms with E-state index in [2.05, 4.69) is 16.6 Å². The lowest BCUT2D eigenvalue weighted by atomic mass is 9.90. The maximum atomic E-state index is 12.0. The molecule has 1 aliphatic rings. The predicted molar refractivity (Wildman–Crippen MR) is 77.4 cm³/mol. The summed E-state index contributed by atoms with van der Waals surface area (Å²) >= 11 is 0. The molecule has 1 atom stereocenters. The Morgan fingerprint density at radius 3 is 2.50 bits per heavy atom. The summed E-state index contributed by atoms with van der Waals surface area (Å²) in [6.45, 7) is 2.97. The van der Waals surface area contributed by atoms with E-state index in [4.69, 9.17) is 5.73 Å². The molecule has 1 aromatic carbocycles. The zero-order valence-electron chi connectivity index (χ0n) is 11.5.